The highest BCUT2D eigenvalue weighted by molar-refractivity contribution is 5.64. The van der Waals surface area contributed by atoms with Crippen molar-refractivity contribution in [3.8, 4) is 11.3 Å². The molecule has 2 aromatic heterocycles. The van der Waals surface area contributed by atoms with Crippen LogP contribution in [0.5, 0.6) is 0 Å². The smallest absolute Gasteiger partial charge is 0.384 e. The summed E-state index contributed by atoms with van der Waals surface area (Å²) in [5, 5.41) is 12.2. The Morgan fingerprint density at radius 1 is 1.33 bits per heavy atom. The van der Waals surface area contributed by atoms with E-state index in [4.69, 9.17) is 0 Å². The molecule has 6 nitrogen and oxygen atoms in total. The normalized spacial score (nSPS) is 15.0. The van der Waals surface area contributed by atoms with E-state index >= 15 is 0 Å². The molecule has 1 aliphatic heterocycles. The lowest BCUT2D eigenvalue weighted by Gasteiger charge is -2.16. The second-order valence-electron chi connectivity index (χ2n) is 5.48. The topological polar surface area (TPSA) is 80.0 Å². The molecule has 0 spiro atoms. The molecular formula is C15H15F3N4O2. The molecule has 24 heavy (non-hydrogen) atoms. The van der Waals surface area contributed by atoms with E-state index in [1.54, 1.807) is 12.1 Å². The predicted octanol–water partition coefficient (Wildman–Crippen LogP) is 1.59. The fourth-order valence-corrected chi connectivity index (χ4v) is 2.63. The van der Waals surface area contributed by atoms with Crippen molar-refractivity contribution in [3.05, 3.63) is 40.4 Å². The average molecular weight is 340 g/mol. The van der Waals surface area contributed by atoms with Crippen LogP contribution in [0.1, 0.15) is 12.0 Å². The number of hydrogen-bond acceptors (Lipinski definition) is 5. The lowest BCUT2D eigenvalue weighted by atomic mass is 10.0. The van der Waals surface area contributed by atoms with Crippen molar-refractivity contribution in [1.82, 2.24) is 14.5 Å². The van der Waals surface area contributed by atoms with E-state index in [0.717, 1.165) is 0 Å². The zero-order valence-corrected chi connectivity index (χ0v) is 12.5. The monoisotopic (exact) mass is 340 g/mol. The first kappa shape index (κ1) is 16.4. The first-order valence-corrected chi connectivity index (χ1v) is 7.40. The van der Waals surface area contributed by atoms with Crippen LogP contribution in [-0.2, 0) is 13.0 Å². The number of fused-ring (bicyclic) bond motifs is 1. The van der Waals surface area contributed by atoms with Gasteiger partial charge in [-0.2, -0.15) is 13.2 Å². The van der Waals surface area contributed by atoms with Crippen molar-refractivity contribution >= 4 is 5.95 Å². The van der Waals surface area contributed by atoms with E-state index < -0.39 is 18.7 Å². The quantitative estimate of drug-likeness (QED) is 0.883. The van der Waals surface area contributed by atoms with Crippen molar-refractivity contribution in [2.75, 3.05) is 11.9 Å². The molecule has 0 bridgehead atoms. The Labute approximate surface area is 135 Å². The number of halogens is 3. The molecular weight excluding hydrogens is 325 g/mol. The number of hydrogen-bond donors (Lipinski definition) is 2. The summed E-state index contributed by atoms with van der Waals surface area (Å²) in [5.41, 5.74) is 0.691. The lowest BCUT2D eigenvalue weighted by Crippen LogP contribution is -2.31. The number of aromatic nitrogens is 3. The molecule has 3 rings (SSSR count). The number of anilines is 1. The average Bonchev–Trinajstić information content (AvgIpc) is 3.02. The molecule has 0 saturated heterocycles. The van der Waals surface area contributed by atoms with Crippen LogP contribution >= 0.6 is 0 Å². The van der Waals surface area contributed by atoms with E-state index in [9.17, 15) is 23.1 Å². The van der Waals surface area contributed by atoms with Crippen LogP contribution in [0.25, 0.3) is 11.3 Å². The zero-order valence-electron chi connectivity index (χ0n) is 12.5. The predicted molar refractivity (Wildman–Crippen MR) is 80.6 cm³/mol. The SMILES string of the molecule is O=c1c(CC[C@@H](O)C(F)(F)F)c(-c2ccncc2)nc2n1CCN2. The minimum absolute atomic E-state index is 0.164. The van der Waals surface area contributed by atoms with Gasteiger partial charge in [0.05, 0.1) is 5.69 Å². The first-order valence-electron chi connectivity index (χ1n) is 7.40. The van der Waals surface area contributed by atoms with Gasteiger partial charge in [0.15, 0.2) is 0 Å². The highest BCUT2D eigenvalue weighted by Crippen LogP contribution is 2.26. The van der Waals surface area contributed by atoms with Gasteiger partial charge in [0.2, 0.25) is 5.95 Å². The van der Waals surface area contributed by atoms with Crippen LogP contribution < -0.4 is 10.9 Å². The molecule has 2 N–H and O–H groups in total. The number of pyridine rings is 1. The van der Waals surface area contributed by atoms with Crippen LogP contribution in [0.15, 0.2) is 29.3 Å². The summed E-state index contributed by atoms with van der Waals surface area (Å²) in [6.07, 6.45) is -4.96. The molecule has 0 saturated carbocycles. The summed E-state index contributed by atoms with van der Waals surface area (Å²) in [5.74, 6) is 0.395. The van der Waals surface area contributed by atoms with Gasteiger partial charge < -0.3 is 10.4 Å². The maximum atomic E-state index is 12.6. The Kier molecular flexibility index (Phi) is 4.27. The lowest BCUT2D eigenvalue weighted by molar-refractivity contribution is -0.205. The van der Waals surface area contributed by atoms with Gasteiger partial charge in [-0.15, -0.1) is 0 Å². The van der Waals surface area contributed by atoms with Crippen LogP contribution in [0.4, 0.5) is 19.1 Å². The molecule has 1 atom stereocenters. The molecule has 0 aliphatic carbocycles. The number of aliphatic hydroxyl groups is 1. The standard InChI is InChI=1S/C15H15F3N4O2/c16-15(17,18)11(23)2-1-10-12(9-3-5-19-6-4-9)21-14-20-7-8-22(14)13(10)24/h3-6,11,23H,1-2,7-8H2,(H,20,21)/t11-/m1/s1. The summed E-state index contributed by atoms with van der Waals surface area (Å²) < 4.78 is 39.0. The Hall–Kier alpha value is -2.42. The Morgan fingerprint density at radius 3 is 2.71 bits per heavy atom. The van der Waals surface area contributed by atoms with E-state index in [0.29, 0.717) is 30.3 Å². The molecule has 2 aromatic rings. The summed E-state index contributed by atoms with van der Waals surface area (Å²) >= 11 is 0. The molecule has 0 unspecified atom stereocenters. The fraction of sp³-hybridized carbons (Fsp3) is 0.400. The summed E-state index contributed by atoms with van der Waals surface area (Å²) in [4.78, 5) is 20.9. The summed E-state index contributed by atoms with van der Waals surface area (Å²) in [6, 6.07) is 3.27. The third kappa shape index (κ3) is 3.12. The van der Waals surface area contributed by atoms with Gasteiger partial charge in [0, 0.05) is 36.6 Å². The Bertz CT molecular complexity index is 790. The Balaban J connectivity index is 2.02. The number of rotatable bonds is 4. The number of alkyl halides is 3. The number of nitrogens with zero attached hydrogens (tertiary/aromatic N) is 3. The fourth-order valence-electron chi connectivity index (χ4n) is 2.63. The van der Waals surface area contributed by atoms with Gasteiger partial charge in [-0.25, -0.2) is 4.98 Å². The number of nitrogens with one attached hydrogen (secondary N) is 1. The summed E-state index contributed by atoms with van der Waals surface area (Å²) in [7, 11) is 0. The van der Waals surface area contributed by atoms with Crippen molar-refractivity contribution in [2.24, 2.45) is 0 Å². The number of aliphatic hydroxyl groups excluding tert-OH is 1. The van der Waals surface area contributed by atoms with Gasteiger partial charge in [0.25, 0.3) is 5.56 Å². The van der Waals surface area contributed by atoms with Crippen LogP contribution in [-0.4, -0.2) is 38.5 Å². The minimum atomic E-state index is -4.71. The highest BCUT2D eigenvalue weighted by Gasteiger charge is 2.38. The van der Waals surface area contributed by atoms with Crippen LogP contribution in [0, 0.1) is 0 Å². The van der Waals surface area contributed by atoms with Crippen molar-refractivity contribution in [3.63, 3.8) is 0 Å². The van der Waals surface area contributed by atoms with Crippen LogP contribution in [0.2, 0.25) is 0 Å². The van der Waals surface area contributed by atoms with Gasteiger partial charge >= 0.3 is 6.18 Å². The van der Waals surface area contributed by atoms with Crippen molar-refractivity contribution in [1.29, 1.82) is 0 Å². The molecule has 1 aliphatic rings. The van der Waals surface area contributed by atoms with E-state index in [1.807, 2.05) is 0 Å². The molecule has 0 fully saturated rings. The van der Waals surface area contributed by atoms with Gasteiger partial charge in [0.1, 0.15) is 6.10 Å². The third-order valence-electron chi connectivity index (χ3n) is 3.88. The van der Waals surface area contributed by atoms with Crippen molar-refractivity contribution < 1.29 is 18.3 Å². The minimum Gasteiger partial charge on any atom is -0.384 e. The third-order valence-corrected chi connectivity index (χ3v) is 3.88. The molecule has 0 amide bonds. The molecule has 128 valence electrons. The zero-order chi connectivity index (χ0) is 17.3. The van der Waals surface area contributed by atoms with E-state index in [2.05, 4.69) is 15.3 Å². The maximum absolute atomic E-state index is 12.6. The van der Waals surface area contributed by atoms with Gasteiger partial charge in [-0.3, -0.25) is 14.3 Å². The second kappa shape index (κ2) is 6.23. The highest BCUT2D eigenvalue weighted by atomic mass is 19.4. The van der Waals surface area contributed by atoms with Gasteiger partial charge in [-0.05, 0) is 25.0 Å². The van der Waals surface area contributed by atoms with E-state index in [-0.39, 0.29) is 17.5 Å². The van der Waals surface area contributed by atoms with Gasteiger partial charge in [-0.1, -0.05) is 0 Å². The molecule has 9 heteroatoms. The van der Waals surface area contributed by atoms with E-state index in [1.165, 1.54) is 17.0 Å². The maximum Gasteiger partial charge on any atom is 0.414 e. The second-order valence-corrected chi connectivity index (χ2v) is 5.48. The molecule has 0 radical (unpaired) electrons. The molecule has 0 aromatic carbocycles. The Morgan fingerprint density at radius 2 is 2.04 bits per heavy atom. The largest absolute Gasteiger partial charge is 0.414 e. The summed E-state index contributed by atoms with van der Waals surface area (Å²) in [6.45, 7) is 0.944. The molecule has 3 heterocycles. The van der Waals surface area contributed by atoms with Crippen molar-refractivity contribution in [2.45, 2.75) is 31.7 Å². The first-order chi connectivity index (χ1) is 11.4. The van der Waals surface area contributed by atoms with Crippen LogP contribution in [0.3, 0.4) is 0 Å².